The van der Waals surface area contributed by atoms with Crippen LogP contribution in [0.4, 0.5) is 8.78 Å². The lowest BCUT2D eigenvalue weighted by Gasteiger charge is -2.09. The lowest BCUT2D eigenvalue weighted by molar-refractivity contribution is 0.355. The summed E-state index contributed by atoms with van der Waals surface area (Å²) >= 11 is 3.13. The Balaban J connectivity index is 2.64. The minimum Gasteiger partial charge on any atom is -0.488 e. The van der Waals surface area contributed by atoms with Crippen LogP contribution in [0.25, 0.3) is 0 Å². The van der Waals surface area contributed by atoms with Crippen molar-refractivity contribution in [3.8, 4) is 5.75 Å². The van der Waals surface area contributed by atoms with Gasteiger partial charge in [-0.15, -0.1) is 0 Å². The van der Waals surface area contributed by atoms with Crippen LogP contribution in [0, 0.1) is 11.6 Å². The van der Waals surface area contributed by atoms with Crippen LogP contribution in [0.3, 0.4) is 0 Å². The molecule has 1 nitrogen and oxygen atoms in total. The zero-order valence-corrected chi connectivity index (χ0v) is 12.6. The highest BCUT2D eigenvalue weighted by molar-refractivity contribution is 9.10. The highest BCUT2D eigenvalue weighted by Crippen LogP contribution is 2.27. The fourth-order valence-corrected chi connectivity index (χ4v) is 2.39. The van der Waals surface area contributed by atoms with Crippen molar-refractivity contribution >= 4 is 24.0 Å². The molecule has 0 radical (unpaired) electrons. The summed E-state index contributed by atoms with van der Waals surface area (Å²) in [7, 11) is -1.24. The maximum atomic E-state index is 13.0. The van der Waals surface area contributed by atoms with Crippen LogP contribution in [0.15, 0.2) is 28.4 Å². The molecule has 0 saturated heterocycles. The molecule has 0 atom stereocenters. The summed E-state index contributed by atoms with van der Waals surface area (Å²) in [5.74, 6) is -1.48. The van der Waals surface area contributed by atoms with Gasteiger partial charge in [-0.1, -0.05) is 31.4 Å². The predicted octanol–water partition coefficient (Wildman–Crippen LogP) is 4.54. The largest absolute Gasteiger partial charge is 0.488 e. The number of rotatable bonds is 4. The Morgan fingerprint density at radius 2 is 1.82 bits per heavy atom. The van der Waals surface area contributed by atoms with Crippen LogP contribution < -0.4 is 4.74 Å². The molecule has 94 valence electrons. The molecule has 0 N–H and O–H groups in total. The molecule has 1 aromatic carbocycles. The Morgan fingerprint density at radius 3 is 2.41 bits per heavy atom. The highest BCUT2D eigenvalue weighted by atomic mass is 79.9. The van der Waals surface area contributed by atoms with Gasteiger partial charge in [0.25, 0.3) is 0 Å². The molecule has 0 amide bonds. The number of ether oxygens (including phenoxy) is 1. The van der Waals surface area contributed by atoms with Crippen LogP contribution in [-0.2, 0) is 0 Å². The summed E-state index contributed by atoms with van der Waals surface area (Å²) in [5, 5.41) is 0. The summed E-state index contributed by atoms with van der Waals surface area (Å²) in [4.78, 5) is 0. The van der Waals surface area contributed by atoms with Crippen molar-refractivity contribution in [3.05, 3.63) is 40.0 Å². The van der Waals surface area contributed by atoms with Crippen LogP contribution in [-0.4, -0.2) is 14.7 Å². The zero-order valence-electron chi connectivity index (χ0n) is 10.1. The van der Waals surface area contributed by atoms with Crippen LogP contribution in [0.2, 0.25) is 19.6 Å². The summed E-state index contributed by atoms with van der Waals surface area (Å²) in [6.45, 7) is 6.97. The average Bonchev–Trinajstić information content (AvgIpc) is 2.18. The van der Waals surface area contributed by atoms with Crippen LogP contribution in [0.1, 0.15) is 0 Å². The van der Waals surface area contributed by atoms with Gasteiger partial charge in [0.15, 0.2) is 11.6 Å². The van der Waals surface area contributed by atoms with Crippen LogP contribution >= 0.6 is 15.9 Å². The van der Waals surface area contributed by atoms with Gasteiger partial charge in [-0.2, -0.15) is 0 Å². The van der Waals surface area contributed by atoms with E-state index in [1.165, 1.54) is 0 Å². The van der Waals surface area contributed by atoms with Crippen LogP contribution in [0.5, 0.6) is 5.75 Å². The van der Waals surface area contributed by atoms with Crippen molar-refractivity contribution in [1.29, 1.82) is 0 Å². The first-order valence-electron chi connectivity index (χ1n) is 5.24. The molecule has 5 heteroatoms. The molecule has 0 aromatic heterocycles. The van der Waals surface area contributed by atoms with Crippen molar-refractivity contribution in [3.63, 3.8) is 0 Å². The zero-order chi connectivity index (χ0) is 13.1. The molecule has 0 aliphatic carbocycles. The molecule has 1 aromatic rings. The summed E-state index contributed by atoms with van der Waals surface area (Å²) in [6.07, 6.45) is 1.92. The molecule has 17 heavy (non-hydrogen) atoms. The summed E-state index contributed by atoms with van der Waals surface area (Å²) in [5.41, 5.74) is 2.14. The van der Waals surface area contributed by atoms with Gasteiger partial charge in [0.2, 0.25) is 0 Å². The Labute approximate surface area is 110 Å². The van der Waals surface area contributed by atoms with E-state index in [4.69, 9.17) is 4.74 Å². The molecule has 0 bridgehead atoms. The molecular weight excluding hydrogens is 306 g/mol. The van der Waals surface area contributed by atoms with E-state index < -0.39 is 19.7 Å². The minimum atomic E-state index is -1.24. The molecular formula is C12H15BrF2OSi. The smallest absolute Gasteiger partial charge is 0.162 e. The molecule has 0 spiro atoms. The number of hydrogen-bond acceptors (Lipinski definition) is 1. The fourth-order valence-electron chi connectivity index (χ4n) is 1.15. The first-order chi connectivity index (χ1) is 7.79. The quantitative estimate of drug-likeness (QED) is 0.584. The minimum absolute atomic E-state index is 0.309. The van der Waals surface area contributed by atoms with E-state index >= 15 is 0 Å². The van der Waals surface area contributed by atoms with Crippen molar-refractivity contribution in [1.82, 2.24) is 0 Å². The van der Waals surface area contributed by atoms with E-state index in [9.17, 15) is 8.78 Å². The Kier molecular flexibility index (Phi) is 4.88. The monoisotopic (exact) mass is 320 g/mol. The van der Waals surface area contributed by atoms with Gasteiger partial charge in [0.1, 0.15) is 12.4 Å². The Bertz CT molecular complexity index is 427. The molecule has 0 heterocycles. The standard InChI is InChI=1S/C12H15BrF2OSi/c1-17(2,3)6-4-5-16-12-8-11(15)10(14)7-9(12)13/h4,6-8H,5H2,1-3H3/b6-4+. The van der Waals surface area contributed by atoms with Gasteiger partial charge < -0.3 is 4.74 Å². The van der Waals surface area contributed by atoms with Gasteiger partial charge in [0.05, 0.1) is 12.5 Å². The van der Waals surface area contributed by atoms with E-state index in [0.717, 1.165) is 12.1 Å². The maximum absolute atomic E-state index is 13.0. The third-order valence-electron chi connectivity index (χ3n) is 1.93. The molecule has 0 unspecified atom stereocenters. The van der Waals surface area contributed by atoms with E-state index in [0.29, 0.717) is 16.8 Å². The first-order valence-corrected chi connectivity index (χ1v) is 9.62. The lowest BCUT2D eigenvalue weighted by atomic mass is 10.3. The molecule has 0 aliphatic heterocycles. The lowest BCUT2D eigenvalue weighted by Crippen LogP contribution is -2.16. The predicted molar refractivity (Wildman–Crippen MR) is 72.0 cm³/mol. The Morgan fingerprint density at radius 1 is 1.24 bits per heavy atom. The van der Waals surface area contributed by atoms with Crippen molar-refractivity contribution in [2.24, 2.45) is 0 Å². The fraction of sp³-hybridized carbons (Fsp3) is 0.333. The molecule has 1 rings (SSSR count). The van der Waals surface area contributed by atoms with E-state index in [1.807, 2.05) is 6.08 Å². The van der Waals surface area contributed by atoms with Gasteiger partial charge in [-0.3, -0.25) is 0 Å². The second-order valence-electron chi connectivity index (χ2n) is 4.78. The van der Waals surface area contributed by atoms with Crippen molar-refractivity contribution < 1.29 is 13.5 Å². The van der Waals surface area contributed by atoms with E-state index in [2.05, 4.69) is 41.3 Å². The van der Waals surface area contributed by atoms with E-state index in [1.54, 1.807) is 0 Å². The number of benzene rings is 1. The van der Waals surface area contributed by atoms with Gasteiger partial charge in [-0.05, 0) is 22.0 Å². The first kappa shape index (κ1) is 14.4. The van der Waals surface area contributed by atoms with Crippen molar-refractivity contribution in [2.75, 3.05) is 6.61 Å². The van der Waals surface area contributed by atoms with Gasteiger partial charge >= 0.3 is 0 Å². The summed E-state index contributed by atoms with van der Waals surface area (Å²) in [6, 6.07) is 2.11. The second kappa shape index (κ2) is 5.77. The normalized spacial score (nSPS) is 12.1. The topological polar surface area (TPSA) is 9.23 Å². The van der Waals surface area contributed by atoms with Gasteiger partial charge in [-0.25, -0.2) is 8.78 Å². The van der Waals surface area contributed by atoms with E-state index in [-0.39, 0.29) is 0 Å². The second-order valence-corrected chi connectivity index (χ2v) is 10.7. The third kappa shape index (κ3) is 5.00. The SMILES string of the molecule is C[Si](C)(C)/C=C/COc1cc(F)c(F)cc1Br. The molecule has 0 aliphatic rings. The maximum Gasteiger partial charge on any atom is 0.162 e. The number of halogens is 3. The highest BCUT2D eigenvalue weighted by Gasteiger charge is 2.09. The van der Waals surface area contributed by atoms with Crippen molar-refractivity contribution in [2.45, 2.75) is 19.6 Å². The van der Waals surface area contributed by atoms with Gasteiger partial charge in [0, 0.05) is 6.07 Å². The number of hydrogen-bond donors (Lipinski definition) is 0. The molecule has 0 fully saturated rings. The molecule has 0 saturated carbocycles. The Hall–Kier alpha value is -0.683. The average molecular weight is 321 g/mol. The third-order valence-corrected chi connectivity index (χ3v) is 3.78. The summed E-state index contributed by atoms with van der Waals surface area (Å²) < 4.78 is 31.6.